The predicted molar refractivity (Wildman–Crippen MR) is 177 cm³/mol. The molecule has 47 heavy (non-hydrogen) atoms. The van der Waals surface area contributed by atoms with Crippen molar-refractivity contribution < 1.29 is 28.7 Å². The number of nitrogens with one attached hydrogen (secondary N) is 1. The van der Waals surface area contributed by atoms with Crippen molar-refractivity contribution in [3.05, 3.63) is 95.6 Å². The number of carbonyl (C=O) groups excluding carboxylic acids is 4. The van der Waals surface area contributed by atoms with Gasteiger partial charge in [0.1, 0.15) is 18.4 Å². The lowest BCUT2D eigenvalue weighted by Gasteiger charge is -2.41. The molecule has 6 rings (SSSR count). The summed E-state index contributed by atoms with van der Waals surface area (Å²) in [5.74, 6) is 0.618. The summed E-state index contributed by atoms with van der Waals surface area (Å²) in [6, 6.07) is 24.3. The summed E-state index contributed by atoms with van der Waals surface area (Å²) in [4.78, 5) is 56.8. The van der Waals surface area contributed by atoms with Crippen LogP contribution in [-0.4, -0.2) is 78.5 Å². The van der Waals surface area contributed by atoms with Gasteiger partial charge in [-0.15, -0.1) is 0 Å². The van der Waals surface area contributed by atoms with Crippen molar-refractivity contribution in [1.29, 1.82) is 0 Å². The molecule has 1 atom stereocenters. The van der Waals surface area contributed by atoms with E-state index < -0.39 is 12.1 Å². The summed E-state index contributed by atoms with van der Waals surface area (Å²) in [5, 5.41) is 2.92. The van der Waals surface area contributed by atoms with Crippen LogP contribution in [0.2, 0.25) is 0 Å². The number of amides is 4. The number of rotatable bonds is 10. The fourth-order valence-electron chi connectivity index (χ4n) is 6.71. The minimum Gasteiger partial charge on any atom is -0.494 e. The number of carbonyl (C=O) groups is 4. The van der Waals surface area contributed by atoms with Gasteiger partial charge in [-0.25, -0.2) is 4.79 Å². The molecule has 3 aliphatic heterocycles. The highest BCUT2D eigenvalue weighted by Crippen LogP contribution is 2.32. The number of piperidine rings is 1. The first-order valence-electron chi connectivity index (χ1n) is 16.6. The number of hydrogen-bond donors (Lipinski definition) is 1. The van der Waals surface area contributed by atoms with E-state index in [0.717, 1.165) is 36.9 Å². The van der Waals surface area contributed by atoms with Crippen LogP contribution in [0.4, 0.5) is 10.5 Å². The van der Waals surface area contributed by atoms with Crippen LogP contribution in [0.1, 0.15) is 60.0 Å². The van der Waals surface area contributed by atoms with Gasteiger partial charge in [-0.3, -0.25) is 19.3 Å². The topological polar surface area (TPSA) is 108 Å². The number of nitrogens with zero attached hydrogens (tertiary/aromatic N) is 3. The zero-order chi connectivity index (χ0) is 32.6. The van der Waals surface area contributed by atoms with Gasteiger partial charge in [0.05, 0.1) is 6.61 Å². The van der Waals surface area contributed by atoms with E-state index in [0.29, 0.717) is 63.4 Å². The summed E-state index contributed by atoms with van der Waals surface area (Å²) in [6.07, 6.45) is 4.31. The van der Waals surface area contributed by atoms with Gasteiger partial charge in [-0.05, 0) is 80.0 Å². The van der Waals surface area contributed by atoms with E-state index in [1.807, 2.05) is 58.3 Å². The van der Waals surface area contributed by atoms with Gasteiger partial charge in [0.2, 0.25) is 11.8 Å². The molecule has 0 unspecified atom stereocenters. The summed E-state index contributed by atoms with van der Waals surface area (Å²) in [5.41, 5.74) is 3.74. The number of fused-ring (bicyclic) bond motifs is 1. The zero-order valence-electron chi connectivity index (χ0n) is 26.6. The molecule has 3 heterocycles. The van der Waals surface area contributed by atoms with E-state index in [4.69, 9.17) is 9.47 Å². The Morgan fingerprint density at radius 1 is 0.830 bits per heavy atom. The monoisotopic (exact) mass is 638 g/mol. The van der Waals surface area contributed by atoms with Crippen LogP contribution < -0.4 is 15.0 Å². The number of hydrogen-bond acceptors (Lipinski definition) is 6. The maximum atomic E-state index is 13.2. The molecule has 2 fully saturated rings. The van der Waals surface area contributed by atoms with Crippen LogP contribution in [0.15, 0.2) is 78.9 Å². The molecule has 2 saturated heterocycles. The standard InChI is InChI=1S/C37H42N4O6/c42-34-18-15-28-10-4-5-11-32(28)41(34)30-19-23-39(24-20-30)36(44)29-13-16-31(17-14-29)46-25-7-21-38-35(43)33-12-6-22-40(33)37(45)47-26-27-8-2-1-3-9-27/h1-5,8-11,13-14,16-17,30,33H,6-7,12,15,18-26H2,(H,38,43)/t33-/m0/s1. The SMILES string of the molecule is O=C(NCCCOc1ccc(C(=O)N2CCC(N3C(=O)CCc4ccccc43)CC2)cc1)[C@@H]1CCCN1C(=O)OCc1ccccc1. The predicted octanol–water partition coefficient (Wildman–Crippen LogP) is 4.96. The first-order valence-corrected chi connectivity index (χ1v) is 16.6. The first-order chi connectivity index (χ1) is 23.0. The van der Waals surface area contributed by atoms with Crippen LogP contribution >= 0.6 is 0 Å². The van der Waals surface area contributed by atoms with Crippen molar-refractivity contribution in [2.24, 2.45) is 0 Å². The molecule has 3 aromatic rings. The third-order valence-electron chi connectivity index (χ3n) is 9.23. The lowest BCUT2D eigenvalue weighted by molar-refractivity contribution is -0.125. The Labute approximate surface area is 275 Å². The fourth-order valence-corrected chi connectivity index (χ4v) is 6.71. The van der Waals surface area contributed by atoms with Crippen molar-refractivity contribution in [2.45, 2.75) is 63.6 Å². The molecule has 0 radical (unpaired) electrons. The highest BCUT2D eigenvalue weighted by atomic mass is 16.6. The second-order valence-corrected chi connectivity index (χ2v) is 12.3. The Bertz CT molecular complexity index is 1550. The quantitative estimate of drug-likeness (QED) is 0.315. The molecular formula is C37H42N4O6. The van der Waals surface area contributed by atoms with E-state index in [9.17, 15) is 19.2 Å². The third-order valence-corrected chi connectivity index (χ3v) is 9.23. The smallest absolute Gasteiger partial charge is 0.410 e. The molecule has 3 aliphatic rings. The van der Waals surface area contributed by atoms with Crippen LogP contribution in [0.25, 0.3) is 0 Å². The summed E-state index contributed by atoms with van der Waals surface area (Å²) >= 11 is 0. The third kappa shape index (κ3) is 7.76. The van der Waals surface area contributed by atoms with E-state index >= 15 is 0 Å². The van der Waals surface area contributed by atoms with Crippen molar-refractivity contribution in [3.8, 4) is 5.75 Å². The Hall–Kier alpha value is -4.86. The Balaban J connectivity index is 0.897. The second-order valence-electron chi connectivity index (χ2n) is 12.3. The number of para-hydroxylation sites is 1. The number of anilines is 1. The number of aryl methyl sites for hydroxylation is 1. The van der Waals surface area contributed by atoms with Crippen molar-refractivity contribution in [1.82, 2.24) is 15.1 Å². The molecule has 10 nitrogen and oxygen atoms in total. The summed E-state index contributed by atoms with van der Waals surface area (Å²) < 4.78 is 11.3. The van der Waals surface area contributed by atoms with Crippen LogP contribution in [0.3, 0.4) is 0 Å². The maximum absolute atomic E-state index is 13.2. The number of ether oxygens (including phenoxy) is 2. The van der Waals surface area contributed by atoms with Gasteiger partial charge >= 0.3 is 6.09 Å². The van der Waals surface area contributed by atoms with Crippen LogP contribution in [-0.2, 0) is 27.4 Å². The van der Waals surface area contributed by atoms with E-state index in [2.05, 4.69) is 11.4 Å². The molecule has 0 saturated carbocycles. The lowest BCUT2D eigenvalue weighted by atomic mass is 9.95. The molecular weight excluding hydrogens is 596 g/mol. The Morgan fingerprint density at radius 2 is 1.57 bits per heavy atom. The normalized spacial score (nSPS) is 18.1. The van der Waals surface area contributed by atoms with Gasteiger partial charge in [0, 0.05) is 49.9 Å². The molecule has 0 aromatic heterocycles. The highest BCUT2D eigenvalue weighted by Gasteiger charge is 2.35. The summed E-state index contributed by atoms with van der Waals surface area (Å²) in [6.45, 7) is 2.70. The molecule has 3 aromatic carbocycles. The van der Waals surface area contributed by atoms with Crippen LogP contribution in [0.5, 0.6) is 5.75 Å². The zero-order valence-corrected chi connectivity index (χ0v) is 26.6. The first kappa shape index (κ1) is 32.1. The van der Waals surface area contributed by atoms with Gasteiger partial charge in [-0.2, -0.15) is 0 Å². The Kier molecular flexibility index (Phi) is 10.3. The molecule has 4 amide bonds. The van der Waals surface area contributed by atoms with Gasteiger partial charge in [-0.1, -0.05) is 48.5 Å². The molecule has 10 heteroatoms. The summed E-state index contributed by atoms with van der Waals surface area (Å²) in [7, 11) is 0. The minimum absolute atomic E-state index is 0.0204. The largest absolute Gasteiger partial charge is 0.494 e. The average molecular weight is 639 g/mol. The highest BCUT2D eigenvalue weighted by molar-refractivity contribution is 5.97. The van der Waals surface area contributed by atoms with E-state index in [1.54, 1.807) is 24.3 Å². The van der Waals surface area contributed by atoms with Crippen molar-refractivity contribution >= 4 is 29.5 Å². The molecule has 1 N–H and O–H groups in total. The molecule has 0 bridgehead atoms. The molecule has 246 valence electrons. The van der Waals surface area contributed by atoms with Crippen molar-refractivity contribution in [2.75, 3.05) is 37.7 Å². The fraction of sp³-hybridized carbons (Fsp3) is 0.405. The Morgan fingerprint density at radius 3 is 2.36 bits per heavy atom. The van der Waals surface area contributed by atoms with Gasteiger partial charge in [0.15, 0.2) is 0 Å². The molecule has 0 spiro atoms. The van der Waals surface area contributed by atoms with Crippen molar-refractivity contribution in [3.63, 3.8) is 0 Å². The minimum atomic E-state index is -0.529. The number of benzene rings is 3. The average Bonchev–Trinajstić information content (AvgIpc) is 3.62. The van der Waals surface area contributed by atoms with Gasteiger partial charge in [0.25, 0.3) is 5.91 Å². The second kappa shape index (κ2) is 15.2. The lowest BCUT2D eigenvalue weighted by Crippen LogP contribution is -2.50. The number of likely N-dealkylation sites (tertiary alicyclic amines) is 2. The van der Waals surface area contributed by atoms with E-state index in [1.165, 1.54) is 10.5 Å². The van der Waals surface area contributed by atoms with E-state index in [-0.39, 0.29) is 30.4 Å². The van der Waals surface area contributed by atoms with Crippen LogP contribution in [0, 0.1) is 0 Å². The maximum Gasteiger partial charge on any atom is 0.410 e. The van der Waals surface area contributed by atoms with Gasteiger partial charge < -0.3 is 24.6 Å². The molecule has 0 aliphatic carbocycles.